The topological polar surface area (TPSA) is 75.3 Å². The summed E-state index contributed by atoms with van der Waals surface area (Å²) in [5, 5.41) is 12.0. The molecule has 1 N–H and O–H groups in total. The largest absolute Gasteiger partial charge is 0.494 e. The molecule has 0 atom stereocenters. The fourth-order valence-electron chi connectivity index (χ4n) is 2.52. The highest BCUT2D eigenvalue weighted by molar-refractivity contribution is 6.09. The molecule has 1 aromatic heterocycles. The second-order valence-electron chi connectivity index (χ2n) is 5.79. The number of anilines is 1. The van der Waals surface area contributed by atoms with Crippen LogP contribution >= 0.6 is 0 Å². The fraction of sp³-hybridized carbons (Fsp3) is 0.0909. The zero-order valence-corrected chi connectivity index (χ0v) is 15.1. The van der Waals surface area contributed by atoms with Gasteiger partial charge in [0.25, 0.3) is 5.91 Å². The average molecular weight is 376 g/mol. The third-order valence-corrected chi connectivity index (χ3v) is 3.81. The molecule has 140 valence electrons. The molecular formula is C22H17FN2O3. The SMILES string of the molecule is CCOc1ccc(NC(=O)/C(C#N)=C\c2ccc(-c3cccc(F)c3)o2)cc1. The highest BCUT2D eigenvalue weighted by atomic mass is 19.1. The summed E-state index contributed by atoms with van der Waals surface area (Å²) in [6.45, 7) is 2.43. The molecule has 0 saturated carbocycles. The van der Waals surface area contributed by atoms with Crippen LogP contribution in [-0.2, 0) is 4.79 Å². The molecule has 6 heteroatoms. The van der Waals surface area contributed by atoms with Crippen LogP contribution in [0, 0.1) is 17.1 Å². The summed E-state index contributed by atoms with van der Waals surface area (Å²) in [6.07, 6.45) is 1.34. The van der Waals surface area contributed by atoms with Gasteiger partial charge in [-0.2, -0.15) is 5.26 Å². The monoisotopic (exact) mass is 376 g/mol. The van der Waals surface area contributed by atoms with Gasteiger partial charge in [-0.15, -0.1) is 0 Å². The number of nitriles is 1. The lowest BCUT2D eigenvalue weighted by molar-refractivity contribution is -0.112. The van der Waals surface area contributed by atoms with Crippen molar-refractivity contribution >= 4 is 17.7 Å². The summed E-state index contributed by atoms with van der Waals surface area (Å²) in [5.41, 5.74) is 0.987. The number of ether oxygens (including phenoxy) is 1. The Bertz CT molecular complexity index is 1050. The van der Waals surface area contributed by atoms with Crippen LogP contribution in [0.2, 0.25) is 0 Å². The lowest BCUT2D eigenvalue weighted by atomic mass is 10.2. The number of nitrogens with zero attached hydrogens (tertiary/aromatic N) is 1. The summed E-state index contributed by atoms with van der Waals surface area (Å²) in [6, 6.07) is 17.9. The molecule has 3 aromatic rings. The van der Waals surface area contributed by atoms with E-state index in [4.69, 9.17) is 9.15 Å². The van der Waals surface area contributed by atoms with E-state index < -0.39 is 5.91 Å². The van der Waals surface area contributed by atoms with Crippen molar-refractivity contribution in [1.82, 2.24) is 0 Å². The van der Waals surface area contributed by atoms with Crippen LogP contribution in [-0.4, -0.2) is 12.5 Å². The maximum absolute atomic E-state index is 13.3. The number of rotatable bonds is 6. The summed E-state index contributed by atoms with van der Waals surface area (Å²) in [7, 11) is 0. The van der Waals surface area contributed by atoms with E-state index in [1.165, 1.54) is 18.2 Å². The number of benzene rings is 2. The molecule has 0 aliphatic carbocycles. The Morgan fingerprint density at radius 3 is 2.68 bits per heavy atom. The van der Waals surface area contributed by atoms with E-state index in [0.29, 0.717) is 35.1 Å². The van der Waals surface area contributed by atoms with Gasteiger partial charge in [-0.1, -0.05) is 12.1 Å². The van der Waals surface area contributed by atoms with Crippen LogP contribution in [0.1, 0.15) is 12.7 Å². The van der Waals surface area contributed by atoms with Gasteiger partial charge in [0.2, 0.25) is 0 Å². The first-order valence-corrected chi connectivity index (χ1v) is 8.61. The molecule has 28 heavy (non-hydrogen) atoms. The lowest BCUT2D eigenvalue weighted by Gasteiger charge is -2.06. The van der Waals surface area contributed by atoms with Gasteiger partial charge in [0.15, 0.2) is 0 Å². The number of amides is 1. The van der Waals surface area contributed by atoms with Crippen LogP contribution in [0.25, 0.3) is 17.4 Å². The Labute approximate surface area is 161 Å². The van der Waals surface area contributed by atoms with Gasteiger partial charge < -0.3 is 14.5 Å². The molecule has 3 rings (SSSR count). The zero-order chi connectivity index (χ0) is 19.9. The second kappa shape index (κ2) is 8.69. The van der Waals surface area contributed by atoms with Gasteiger partial charge in [-0.05, 0) is 55.5 Å². The minimum atomic E-state index is -0.560. The smallest absolute Gasteiger partial charge is 0.266 e. The van der Waals surface area contributed by atoms with E-state index in [1.807, 2.05) is 13.0 Å². The third kappa shape index (κ3) is 4.65. The van der Waals surface area contributed by atoms with E-state index in [-0.39, 0.29) is 11.4 Å². The van der Waals surface area contributed by atoms with Crippen molar-refractivity contribution in [2.45, 2.75) is 6.92 Å². The van der Waals surface area contributed by atoms with E-state index in [0.717, 1.165) is 0 Å². The van der Waals surface area contributed by atoms with Crippen molar-refractivity contribution in [1.29, 1.82) is 5.26 Å². The van der Waals surface area contributed by atoms with Crippen LogP contribution in [0.4, 0.5) is 10.1 Å². The first-order valence-electron chi connectivity index (χ1n) is 8.61. The predicted molar refractivity (Wildman–Crippen MR) is 104 cm³/mol. The van der Waals surface area contributed by atoms with Crippen LogP contribution in [0.3, 0.4) is 0 Å². The van der Waals surface area contributed by atoms with Gasteiger partial charge in [-0.25, -0.2) is 4.39 Å². The Morgan fingerprint density at radius 2 is 2.00 bits per heavy atom. The van der Waals surface area contributed by atoms with Crippen molar-refractivity contribution in [2.24, 2.45) is 0 Å². The molecule has 0 saturated heterocycles. The van der Waals surface area contributed by atoms with E-state index >= 15 is 0 Å². The molecule has 0 spiro atoms. The maximum Gasteiger partial charge on any atom is 0.266 e. The van der Waals surface area contributed by atoms with Crippen molar-refractivity contribution in [2.75, 3.05) is 11.9 Å². The normalized spacial score (nSPS) is 11.0. The second-order valence-corrected chi connectivity index (χ2v) is 5.79. The van der Waals surface area contributed by atoms with Gasteiger partial charge in [0.1, 0.15) is 34.7 Å². The Kier molecular flexibility index (Phi) is 5.87. The Morgan fingerprint density at radius 1 is 1.21 bits per heavy atom. The zero-order valence-electron chi connectivity index (χ0n) is 15.1. The Balaban J connectivity index is 1.74. The third-order valence-electron chi connectivity index (χ3n) is 3.81. The molecular weight excluding hydrogens is 359 g/mol. The molecule has 0 bridgehead atoms. The minimum Gasteiger partial charge on any atom is -0.494 e. The number of hydrogen-bond donors (Lipinski definition) is 1. The molecule has 1 heterocycles. The van der Waals surface area contributed by atoms with Crippen LogP contribution in [0.5, 0.6) is 5.75 Å². The van der Waals surface area contributed by atoms with Crippen LogP contribution < -0.4 is 10.1 Å². The highest BCUT2D eigenvalue weighted by Gasteiger charge is 2.12. The number of nitrogens with one attached hydrogen (secondary N) is 1. The molecule has 0 aliphatic heterocycles. The average Bonchev–Trinajstić information content (AvgIpc) is 3.16. The first kappa shape index (κ1) is 18.9. The molecule has 0 aliphatic rings. The van der Waals surface area contributed by atoms with E-state index in [9.17, 15) is 14.4 Å². The number of carbonyl (C=O) groups is 1. The van der Waals surface area contributed by atoms with E-state index in [1.54, 1.807) is 48.5 Å². The van der Waals surface area contributed by atoms with Gasteiger partial charge in [-0.3, -0.25) is 4.79 Å². The minimum absolute atomic E-state index is 0.117. The lowest BCUT2D eigenvalue weighted by Crippen LogP contribution is -2.13. The van der Waals surface area contributed by atoms with Gasteiger partial charge >= 0.3 is 0 Å². The predicted octanol–water partition coefficient (Wildman–Crippen LogP) is 5.03. The van der Waals surface area contributed by atoms with Crippen molar-refractivity contribution in [3.63, 3.8) is 0 Å². The van der Waals surface area contributed by atoms with Gasteiger partial charge in [0.05, 0.1) is 6.61 Å². The summed E-state index contributed by atoms with van der Waals surface area (Å²) >= 11 is 0. The number of halogens is 1. The number of carbonyl (C=O) groups excluding carboxylic acids is 1. The first-order chi connectivity index (χ1) is 13.6. The fourth-order valence-corrected chi connectivity index (χ4v) is 2.52. The molecule has 0 unspecified atom stereocenters. The van der Waals surface area contributed by atoms with Crippen LogP contribution in [0.15, 0.2) is 70.7 Å². The molecule has 0 fully saturated rings. The molecule has 2 aromatic carbocycles. The quantitative estimate of drug-likeness (QED) is 0.484. The maximum atomic E-state index is 13.3. The van der Waals surface area contributed by atoms with E-state index in [2.05, 4.69) is 5.32 Å². The molecule has 5 nitrogen and oxygen atoms in total. The standard InChI is InChI=1S/C22H17FN2O3/c1-2-27-19-8-6-18(7-9-19)25-22(26)16(14-24)13-20-10-11-21(28-20)15-4-3-5-17(23)12-15/h3-13H,2H2,1H3,(H,25,26)/b16-13-. The van der Waals surface area contributed by atoms with Crippen molar-refractivity contribution < 1.29 is 18.3 Å². The highest BCUT2D eigenvalue weighted by Crippen LogP contribution is 2.24. The molecule has 0 radical (unpaired) electrons. The summed E-state index contributed by atoms with van der Waals surface area (Å²) in [4.78, 5) is 12.4. The number of furan rings is 1. The van der Waals surface area contributed by atoms with Crippen molar-refractivity contribution in [3.05, 3.63) is 77.8 Å². The Hall–Kier alpha value is -3.85. The summed E-state index contributed by atoms with van der Waals surface area (Å²) in [5.74, 6) is 0.512. The van der Waals surface area contributed by atoms with Crippen molar-refractivity contribution in [3.8, 4) is 23.1 Å². The molecule has 1 amide bonds. The number of hydrogen-bond acceptors (Lipinski definition) is 4. The summed E-state index contributed by atoms with van der Waals surface area (Å²) < 4.78 is 24.3. The van der Waals surface area contributed by atoms with Gasteiger partial charge in [0, 0.05) is 17.3 Å².